The van der Waals surface area contributed by atoms with Gasteiger partial charge in [-0.05, 0) is 25.0 Å². The third kappa shape index (κ3) is 4.78. The molecule has 29 heavy (non-hydrogen) atoms. The maximum Gasteiger partial charge on any atom is 0.254 e. The van der Waals surface area contributed by atoms with Gasteiger partial charge in [-0.15, -0.1) is 0 Å². The van der Waals surface area contributed by atoms with Crippen molar-refractivity contribution >= 4 is 23.4 Å². The molecule has 0 bridgehead atoms. The first kappa shape index (κ1) is 20.3. The standard InChI is InChI=1S/C21H28ClN3O4/c22-17-13-16(14-18-20(17)29-12-11-28-18)21(27)25-9-7-23(8-10-25)15-19(26)24-5-3-1-2-4-6-24/h13-14H,1-12,15H2. The largest absolute Gasteiger partial charge is 0.486 e. The van der Waals surface area contributed by atoms with E-state index in [1.54, 1.807) is 12.1 Å². The Hall–Kier alpha value is -1.99. The minimum atomic E-state index is -0.0673. The molecule has 1 aromatic rings. The lowest BCUT2D eigenvalue weighted by molar-refractivity contribution is -0.132. The third-order valence-electron chi connectivity index (χ3n) is 5.82. The minimum Gasteiger partial charge on any atom is -0.486 e. The second-order valence-electron chi connectivity index (χ2n) is 7.85. The molecule has 0 aromatic heterocycles. The van der Waals surface area contributed by atoms with Crippen LogP contribution in [0.4, 0.5) is 0 Å². The maximum atomic E-state index is 12.9. The zero-order valence-electron chi connectivity index (χ0n) is 16.7. The van der Waals surface area contributed by atoms with Crippen LogP contribution in [-0.2, 0) is 4.79 Å². The molecule has 7 nitrogen and oxygen atoms in total. The van der Waals surface area contributed by atoms with Crippen LogP contribution in [-0.4, -0.2) is 85.5 Å². The Labute approximate surface area is 176 Å². The molecule has 158 valence electrons. The molecule has 3 aliphatic heterocycles. The summed E-state index contributed by atoms with van der Waals surface area (Å²) in [7, 11) is 0. The van der Waals surface area contributed by atoms with Crippen LogP contribution in [0, 0.1) is 0 Å². The highest BCUT2D eigenvalue weighted by atomic mass is 35.5. The fourth-order valence-electron chi connectivity index (χ4n) is 4.14. The molecule has 0 saturated carbocycles. The van der Waals surface area contributed by atoms with Crippen LogP contribution in [0.5, 0.6) is 11.5 Å². The van der Waals surface area contributed by atoms with E-state index in [1.165, 1.54) is 12.8 Å². The average molecular weight is 422 g/mol. The second-order valence-corrected chi connectivity index (χ2v) is 8.25. The first-order chi connectivity index (χ1) is 14.1. The molecule has 2 saturated heterocycles. The zero-order chi connectivity index (χ0) is 20.2. The summed E-state index contributed by atoms with van der Waals surface area (Å²) < 4.78 is 11.1. The first-order valence-corrected chi connectivity index (χ1v) is 10.9. The van der Waals surface area contributed by atoms with Crippen LogP contribution in [0.2, 0.25) is 5.02 Å². The Kier molecular flexibility index (Phi) is 6.45. The van der Waals surface area contributed by atoms with Gasteiger partial charge in [0, 0.05) is 44.8 Å². The van der Waals surface area contributed by atoms with E-state index >= 15 is 0 Å². The second kappa shape index (κ2) is 9.22. The summed E-state index contributed by atoms with van der Waals surface area (Å²) in [5, 5.41) is 0.396. The van der Waals surface area contributed by atoms with Crippen LogP contribution < -0.4 is 9.47 Å². The number of ether oxygens (including phenoxy) is 2. The van der Waals surface area contributed by atoms with Gasteiger partial charge in [-0.1, -0.05) is 24.4 Å². The molecule has 2 fully saturated rings. The number of nitrogens with zero attached hydrogens (tertiary/aromatic N) is 3. The van der Waals surface area contributed by atoms with Gasteiger partial charge in [0.15, 0.2) is 11.5 Å². The molecule has 4 rings (SSSR count). The van der Waals surface area contributed by atoms with Crippen LogP contribution in [0.25, 0.3) is 0 Å². The van der Waals surface area contributed by atoms with Crippen LogP contribution in [0.3, 0.4) is 0 Å². The summed E-state index contributed by atoms with van der Waals surface area (Å²) in [4.78, 5) is 31.5. The number of carbonyl (C=O) groups is 2. The van der Waals surface area contributed by atoms with Crippen molar-refractivity contribution in [3.8, 4) is 11.5 Å². The van der Waals surface area contributed by atoms with Gasteiger partial charge in [0.25, 0.3) is 5.91 Å². The van der Waals surface area contributed by atoms with E-state index in [9.17, 15) is 9.59 Å². The van der Waals surface area contributed by atoms with Gasteiger partial charge in [0.2, 0.25) is 5.91 Å². The number of benzene rings is 1. The van der Waals surface area contributed by atoms with Crippen molar-refractivity contribution in [2.45, 2.75) is 25.7 Å². The molecule has 3 heterocycles. The van der Waals surface area contributed by atoms with Crippen molar-refractivity contribution in [2.75, 3.05) is 59.0 Å². The van der Waals surface area contributed by atoms with Crippen molar-refractivity contribution in [3.63, 3.8) is 0 Å². The van der Waals surface area contributed by atoms with Crippen molar-refractivity contribution in [1.29, 1.82) is 0 Å². The predicted octanol–water partition coefficient (Wildman–Crippen LogP) is 2.27. The smallest absolute Gasteiger partial charge is 0.254 e. The predicted molar refractivity (Wildman–Crippen MR) is 110 cm³/mol. The molecule has 0 unspecified atom stereocenters. The minimum absolute atomic E-state index is 0.0673. The fourth-order valence-corrected chi connectivity index (χ4v) is 4.40. The van der Waals surface area contributed by atoms with Crippen molar-refractivity contribution in [2.24, 2.45) is 0 Å². The number of fused-ring (bicyclic) bond motifs is 1. The fraction of sp³-hybridized carbons (Fsp3) is 0.619. The molecule has 3 aliphatic rings. The number of likely N-dealkylation sites (tertiary alicyclic amines) is 1. The molecule has 0 aliphatic carbocycles. The SMILES string of the molecule is O=C(CN1CCN(C(=O)c2cc(Cl)c3c(c2)OCCO3)CC1)N1CCCCCC1. The Morgan fingerprint density at radius 2 is 1.55 bits per heavy atom. The van der Waals surface area contributed by atoms with E-state index in [4.69, 9.17) is 21.1 Å². The highest BCUT2D eigenvalue weighted by molar-refractivity contribution is 6.32. The van der Waals surface area contributed by atoms with E-state index in [1.807, 2.05) is 9.80 Å². The molecule has 2 amide bonds. The summed E-state index contributed by atoms with van der Waals surface area (Å²) in [5.41, 5.74) is 0.508. The Bertz CT molecular complexity index is 757. The highest BCUT2D eigenvalue weighted by Gasteiger charge is 2.27. The van der Waals surface area contributed by atoms with Gasteiger partial charge in [0.1, 0.15) is 13.2 Å². The number of halogens is 1. The third-order valence-corrected chi connectivity index (χ3v) is 6.10. The quantitative estimate of drug-likeness (QED) is 0.749. The summed E-state index contributed by atoms with van der Waals surface area (Å²) in [6.07, 6.45) is 4.64. The molecule has 0 spiro atoms. The van der Waals surface area contributed by atoms with Crippen LogP contribution >= 0.6 is 11.6 Å². The topological polar surface area (TPSA) is 62.3 Å². The van der Waals surface area contributed by atoms with Gasteiger partial charge in [-0.3, -0.25) is 14.5 Å². The van der Waals surface area contributed by atoms with E-state index in [2.05, 4.69) is 4.90 Å². The molecular formula is C21H28ClN3O4. The van der Waals surface area contributed by atoms with Crippen LogP contribution in [0.1, 0.15) is 36.0 Å². The molecule has 1 aromatic carbocycles. The number of carbonyl (C=O) groups excluding carboxylic acids is 2. The normalized spacial score (nSPS) is 20.3. The Morgan fingerprint density at radius 1 is 0.862 bits per heavy atom. The van der Waals surface area contributed by atoms with Gasteiger partial charge in [0.05, 0.1) is 11.6 Å². The number of rotatable bonds is 3. The number of hydrogen-bond acceptors (Lipinski definition) is 5. The van der Waals surface area contributed by atoms with Gasteiger partial charge < -0.3 is 19.3 Å². The van der Waals surface area contributed by atoms with Crippen molar-refractivity contribution in [1.82, 2.24) is 14.7 Å². The number of hydrogen-bond donors (Lipinski definition) is 0. The number of amides is 2. The zero-order valence-corrected chi connectivity index (χ0v) is 17.5. The van der Waals surface area contributed by atoms with E-state index in [0.717, 1.165) is 25.9 Å². The summed E-state index contributed by atoms with van der Waals surface area (Å²) in [6.45, 7) is 5.69. The molecule has 8 heteroatoms. The summed E-state index contributed by atoms with van der Waals surface area (Å²) >= 11 is 6.27. The van der Waals surface area contributed by atoms with Crippen molar-refractivity contribution < 1.29 is 19.1 Å². The molecule has 0 N–H and O–H groups in total. The van der Waals surface area contributed by atoms with Crippen molar-refractivity contribution in [3.05, 3.63) is 22.7 Å². The molecular weight excluding hydrogens is 394 g/mol. The lowest BCUT2D eigenvalue weighted by Gasteiger charge is -2.35. The summed E-state index contributed by atoms with van der Waals surface area (Å²) in [5.74, 6) is 1.17. The van der Waals surface area contributed by atoms with Gasteiger partial charge >= 0.3 is 0 Å². The highest BCUT2D eigenvalue weighted by Crippen LogP contribution is 2.38. The Morgan fingerprint density at radius 3 is 2.28 bits per heavy atom. The maximum absolute atomic E-state index is 12.9. The van der Waals surface area contributed by atoms with Gasteiger partial charge in [-0.25, -0.2) is 0 Å². The van der Waals surface area contributed by atoms with Gasteiger partial charge in [-0.2, -0.15) is 0 Å². The number of piperazine rings is 1. The molecule has 0 radical (unpaired) electrons. The first-order valence-electron chi connectivity index (χ1n) is 10.5. The van der Waals surface area contributed by atoms with Crippen LogP contribution in [0.15, 0.2) is 12.1 Å². The lowest BCUT2D eigenvalue weighted by atomic mass is 10.1. The van der Waals surface area contributed by atoms with E-state index < -0.39 is 0 Å². The lowest BCUT2D eigenvalue weighted by Crippen LogP contribution is -2.51. The average Bonchev–Trinajstić information content (AvgIpc) is 3.03. The monoisotopic (exact) mass is 421 g/mol. The Balaban J connectivity index is 1.32. The van der Waals surface area contributed by atoms with E-state index in [-0.39, 0.29) is 11.8 Å². The van der Waals surface area contributed by atoms with E-state index in [0.29, 0.717) is 68.0 Å². The molecule has 0 atom stereocenters. The summed E-state index contributed by atoms with van der Waals surface area (Å²) in [6, 6.07) is 3.35.